The van der Waals surface area contributed by atoms with Crippen LogP contribution >= 0.6 is 0 Å². The van der Waals surface area contributed by atoms with Gasteiger partial charge in [0.1, 0.15) is 12.7 Å². The molecule has 0 aromatic rings. The number of hydrogen-bond acceptors (Lipinski definition) is 6. The third-order valence-electron chi connectivity index (χ3n) is 1.99. The zero-order valence-electron chi connectivity index (χ0n) is 9.08. The Morgan fingerprint density at radius 2 is 2.06 bits per heavy atom. The molecule has 0 amide bonds. The van der Waals surface area contributed by atoms with E-state index in [9.17, 15) is 14.7 Å². The lowest BCUT2D eigenvalue weighted by Crippen LogP contribution is -2.44. The van der Waals surface area contributed by atoms with Crippen molar-refractivity contribution in [3.05, 3.63) is 12.3 Å². The summed E-state index contributed by atoms with van der Waals surface area (Å²) in [6, 6.07) is 0. The maximum atomic E-state index is 10.7. The summed E-state index contributed by atoms with van der Waals surface area (Å²) in [5.74, 6) is -0.962. The van der Waals surface area contributed by atoms with Crippen LogP contribution in [0.2, 0.25) is 0 Å². The van der Waals surface area contributed by atoms with E-state index < -0.39 is 30.3 Å². The molecule has 1 rings (SSSR count). The minimum atomic E-state index is -1.05. The Morgan fingerprint density at radius 3 is 2.62 bits per heavy atom. The summed E-state index contributed by atoms with van der Waals surface area (Å²) in [5, 5.41) is 9.75. The van der Waals surface area contributed by atoms with Gasteiger partial charge in [-0.3, -0.25) is 9.59 Å². The average molecular weight is 230 g/mol. The Balaban J connectivity index is 2.52. The molecule has 0 spiro atoms. The highest BCUT2D eigenvalue weighted by Crippen LogP contribution is 2.16. The number of hydrogen-bond donors (Lipinski definition) is 1. The van der Waals surface area contributed by atoms with Gasteiger partial charge in [0.15, 0.2) is 12.2 Å². The molecule has 1 N–H and O–H groups in total. The highest BCUT2D eigenvalue weighted by molar-refractivity contribution is 5.66. The standard InChI is InChI=1S/C10H14O6/c1-6(11)15-5-9-10(13)8(3-4-14-9)16-7(2)12/h3-4,8-10,13H,5H2,1-2H3/t8-,9-,10-/m1/s1. The fourth-order valence-corrected chi connectivity index (χ4v) is 1.27. The summed E-state index contributed by atoms with van der Waals surface area (Å²) in [5.41, 5.74) is 0. The van der Waals surface area contributed by atoms with Crippen LogP contribution in [0.1, 0.15) is 13.8 Å². The molecule has 0 saturated heterocycles. The maximum absolute atomic E-state index is 10.7. The van der Waals surface area contributed by atoms with Gasteiger partial charge in [0, 0.05) is 13.8 Å². The molecule has 1 aliphatic heterocycles. The third-order valence-corrected chi connectivity index (χ3v) is 1.99. The summed E-state index contributed by atoms with van der Waals surface area (Å²) in [6.45, 7) is 2.42. The lowest BCUT2D eigenvalue weighted by molar-refractivity contribution is -0.162. The van der Waals surface area contributed by atoms with Crippen molar-refractivity contribution in [2.75, 3.05) is 6.61 Å². The van der Waals surface area contributed by atoms with Crippen molar-refractivity contribution in [3.8, 4) is 0 Å². The molecule has 0 aromatic carbocycles. The van der Waals surface area contributed by atoms with Gasteiger partial charge in [0.05, 0.1) is 6.26 Å². The fraction of sp³-hybridized carbons (Fsp3) is 0.600. The first kappa shape index (κ1) is 12.5. The van der Waals surface area contributed by atoms with E-state index in [1.54, 1.807) is 0 Å². The van der Waals surface area contributed by atoms with Crippen LogP contribution in [0, 0.1) is 0 Å². The van der Waals surface area contributed by atoms with Crippen LogP contribution in [0.25, 0.3) is 0 Å². The second-order valence-electron chi connectivity index (χ2n) is 3.37. The van der Waals surface area contributed by atoms with Gasteiger partial charge in [-0.2, -0.15) is 0 Å². The predicted octanol–water partition coefficient (Wildman–Crippen LogP) is -0.245. The van der Waals surface area contributed by atoms with E-state index in [4.69, 9.17) is 14.2 Å². The quantitative estimate of drug-likeness (QED) is 0.673. The molecular weight excluding hydrogens is 216 g/mol. The number of carbonyl (C=O) groups is 2. The Bertz CT molecular complexity index is 298. The molecular formula is C10H14O6. The van der Waals surface area contributed by atoms with Gasteiger partial charge >= 0.3 is 11.9 Å². The van der Waals surface area contributed by atoms with E-state index in [1.165, 1.54) is 26.2 Å². The minimum Gasteiger partial charge on any atom is -0.492 e. The molecule has 6 heteroatoms. The second-order valence-corrected chi connectivity index (χ2v) is 3.37. The second kappa shape index (κ2) is 5.50. The van der Waals surface area contributed by atoms with Crippen molar-refractivity contribution >= 4 is 11.9 Å². The van der Waals surface area contributed by atoms with Crippen molar-refractivity contribution in [2.45, 2.75) is 32.2 Å². The molecule has 3 atom stereocenters. The first-order chi connectivity index (χ1) is 7.50. The highest BCUT2D eigenvalue weighted by atomic mass is 16.6. The van der Waals surface area contributed by atoms with E-state index in [-0.39, 0.29) is 6.61 Å². The van der Waals surface area contributed by atoms with Crippen molar-refractivity contribution < 1.29 is 28.9 Å². The van der Waals surface area contributed by atoms with Gasteiger partial charge in [-0.25, -0.2) is 0 Å². The lowest BCUT2D eigenvalue weighted by atomic mass is 10.1. The van der Waals surface area contributed by atoms with Gasteiger partial charge in [0.2, 0.25) is 0 Å². The summed E-state index contributed by atoms with van der Waals surface area (Å²) in [4.78, 5) is 21.3. The van der Waals surface area contributed by atoms with Crippen molar-refractivity contribution in [2.24, 2.45) is 0 Å². The normalized spacial score (nSPS) is 28.1. The van der Waals surface area contributed by atoms with Crippen LogP contribution in [-0.4, -0.2) is 42.0 Å². The van der Waals surface area contributed by atoms with Crippen LogP contribution < -0.4 is 0 Å². The highest BCUT2D eigenvalue weighted by Gasteiger charge is 2.33. The lowest BCUT2D eigenvalue weighted by Gasteiger charge is -2.30. The molecule has 0 radical (unpaired) electrons. The Hall–Kier alpha value is -1.56. The van der Waals surface area contributed by atoms with E-state index in [1.807, 2.05) is 0 Å². The van der Waals surface area contributed by atoms with Gasteiger partial charge in [0.25, 0.3) is 0 Å². The van der Waals surface area contributed by atoms with E-state index in [2.05, 4.69) is 0 Å². The average Bonchev–Trinajstić information content (AvgIpc) is 2.18. The topological polar surface area (TPSA) is 82.1 Å². The Morgan fingerprint density at radius 1 is 1.38 bits per heavy atom. The molecule has 1 aliphatic rings. The van der Waals surface area contributed by atoms with Crippen molar-refractivity contribution in [1.29, 1.82) is 0 Å². The van der Waals surface area contributed by atoms with E-state index >= 15 is 0 Å². The first-order valence-electron chi connectivity index (χ1n) is 4.81. The zero-order valence-corrected chi connectivity index (χ0v) is 9.08. The smallest absolute Gasteiger partial charge is 0.303 e. The summed E-state index contributed by atoms with van der Waals surface area (Å²) in [6.07, 6.45) is 0.198. The Kier molecular flexibility index (Phi) is 4.30. The molecule has 0 saturated carbocycles. The van der Waals surface area contributed by atoms with Gasteiger partial charge in [-0.1, -0.05) is 0 Å². The van der Waals surface area contributed by atoms with Crippen LogP contribution in [-0.2, 0) is 23.8 Å². The summed E-state index contributed by atoms with van der Waals surface area (Å²) in [7, 11) is 0. The van der Waals surface area contributed by atoms with Crippen LogP contribution in [0.5, 0.6) is 0 Å². The molecule has 16 heavy (non-hydrogen) atoms. The van der Waals surface area contributed by atoms with Crippen LogP contribution in [0.3, 0.4) is 0 Å². The molecule has 0 fully saturated rings. The third kappa shape index (κ3) is 3.54. The SMILES string of the molecule is CC(=O)OC[C@H]1OC=C[C@@H](OC(C)=O)[C@H]1O. The number of esters is 2. The number of rotatable bonds is 3. The summed E-state index contributed by atoms with van der Waals surface area (Å²) >= 11 is 0. The van der Waals surface area contributed by atoms with Crippen LogP contribution in [0.4, 0.5) is 0 Å². The van der Waals surface area contributed by atoms with Crippen molar-refractivity contribution in [1.82, 2.24) is 0 Å². The Labute approximate surface area is 92.8 Å². The van der Waals surface area contributed by atoms with Gasteiger partial charge < -0.3 is 19.3 Å². The number of aliphatic hydroxyl groups is 1. The number of ether oxygens (including phenoxy) is 3. The molecule has 0 unspecified atom stereocenters. The predicted molar refractivity (Wildman–Crippen MR) is 52.2 cm³/mol. The van der Waals surface area contributed by atoms with Gasteiger partial charge in [-0.05, 0) is 6.08 Å². The minimum absolute atomic E-state index is 0.0847. The van der Waals surface area contributed by atoms with E-state index in [0.717, 1.165) is 0 Å². The molecule has 6 nitrogen and oxygen atoms in total. The molecule has 1 heterocycles. The van der Waals surface area contributed by atoms with E-state index in [0.29, 0.717) is 0 Å². The van der Waals surface area contributed by atoms with Gasteiger partial charge in [-0.15, -0.1) is 0 Å². The molecule has 0 aliphatic carbocycles. The molecule has 0 bridgehead atoms. The maximum Gasteiger partial charge on any atom is 0.303 e. The first-order valence-corrected chi connectivity index (χ1v) is 4.81. The number of carbonyl (C=O) groups excluding carboxylic acids is 2. The molecule has 90 valence electrons. The largest absolute Gasteiger partial charge is 0.492 e. The van der Waals surface area contributed by atoms with Crippen LogP contribution in [0.15, 0.2) is 12.3 Å². The number of aliphatic hydroxyl groups excluding tert-OH is 1. The zero-order chi connectivity index (χ0) is 12.1. The summed E-state index contributed by atoms with van der Waals surface area (Å²) < 4.78 is 14.6. The van der Waals surface area contributed by atoms with Crippen molar-refractivity contribution in [3.63, 3.8) is 0 Å². The fourth-order valence-electron chi connectivity index (χ4n) is 1.27. The molecule has 0 aromatic heterocycles. The monoisotopic (exact) mass is 230 g/mol.